The number of furan rings is 1. The molecule has 82 valence electrons. The maximum atomic E-state index is 5.91. The minimum atomic E-state index is -0.00375. The van der Waals surface area contributed by atoms with Gasteiger partial charge in [0.25, 0.3) is 0 Å². The van der Waals surface area contributed by atoms with Crippen molar-refractivity contribution in [3.05, 3.63) is 23.2 Å². The van der Waals surface area contributed by atoms with Crippen molar-refractivity contribution in [2.24, 2.45) is 11.5 Å². The molecule has 0 bridgehead atoms. The first kappa shape index (κ1) is 13.5. The van der Waals surface area contributed by atoms with Crippen LogP contribution in [-0.4, -0.2) is 6.54 Å². The van der Waals surface area contributed by atoms with Gasteiger partial charge in [0.15, 0.2) is 0 Å². The van der Waals surface area contributed by atoms with Gasteiger partial charge < -0.3 is 15.9 Å². The molecule has 0 fully saturated rings. The van der Waals surface area contributed by atoms with E-state index in [9.17, 15) is 0 Å². The summed E-state index contributed by atoms with van der Waals surface area (Å²) >= 11 is 0. The molecule has 4 heteroatoms. The van der Waals surface area contributed by atoms with E-state index < -0.39 is 0 Å². The summed E-state index contributed by atoms with van der Waals surface area (Å²) in [5, 5.41) is 0. The van der Waals surface area contributed by atoms with Gasteiger partial charge in [0.05, 0.1) is 6.04 Å². The molecule has 0 saturated heterocycles. The van der Waals surface area contributed by atoms with Crippen LogP contribution in [0.15, 0.2) is 10.5 Å². The fourth-order valence-electron chi connectivity index (χ4n) is 1.26. The Labute approximate surface area is 91.2 Å². The zero-order chi connectivity index (χ0) is 9.84. The second-order valence-corrected chi connectivity index (χ2v) is 3.43. The molecule has 1 heterocycles. The minimum absolute atomic E-state index is 0. The molecular weight excluding hydrogens is 200 g/mol. The molecule has 0 amide bonds. The van der Waals surface area contributed by atoms with Crippen LogP contribution in [0.5, 0.6) is 0 Å². The first-order valence-corrected chi connectivity index (χ1v) is 4.67. The number of halogens is 1. The Kier molecular flexibility index (Phi) is 5.84. The summed E-state index contributed by atoms with van der Waals surface area (Å²) in [6, 6.07) is 2.01. The maximum Gasteiger partial charge on any atom is 0.121 e. The molecule has 0 aliphatic heterocycles. The lowest BCUT2D eigenvalue weighted by Gasteiger charge is -2.06. The molecule has 0 unspecified atom stereocenters. The third-order valence-electron chi connectivity index (χ3n) is 2.27. The molecule has 0 spiro atoms. The van der Waals surface area contributed by atoms with Crippen molar-refractivity contribution in [2.75, 3.05) is 6.54 Å². The van der Waals surface area contributed by atoms with E-state index >= 15 is 0 Å². The van der Waals surface area contributed by atoms with Crippen molar-refractivity contribution in [1.29, 1.82) is 0 Å². The van der Waals surface area contributed by atoms with Crippen LogP contribution >= 0.6 is 12.4 Å². The van der Waals surface area contributed by atoms with Crippen molar-refractivity contribution >= 4 is 12.4 Å². The molecular formula is C10H19ClN2O. The molecule has 0 aliphatic carbocycles. The molecule has 1 atom stereocenters. The lowest BCUT2D eigenvalue weighted by atomic mass is 10.1. The number of nitrogens with two attached hydrogens (primary N) is 2. The third kappa shape index (κ3) is 3.33. The highest BCUT2D eigenvalue weighted by Gasteiger charge is 2.11. The summed E-state index contributed by atoms with van der Waals surface area (Å²) in [7, 11) is 0. The van der Waals surface area contributed by atoms with E-state index in [1.807, 2.05) is 19.9 Å². The summed E-state index contributed by atoms with van der Waals surface area (Å²) in [6.07, 6.45) is 1.84. The fourth-order valence-corrected chi connectivity index (χ4v) is 1.26. The van der Waals surface area contributed by atoms with E-state index in [0.717, 1.165) is 29.9 Å². The van der Waals surface area contributed by atoms with Crippen molar-refractivity contribution in [2.45, 2.75) is 32.7 Å². The highest BCUT2D eigenvalue weighted by atomic mass is 35.5. The Hall–Kier alpha value is -0.510. The molecule has 0 aromatic carbocycles. The quantitative estimate of drug-likeness (QED) is 0.813. The Morgan fingerprint density at radius 3 is 2.50 bits per heavy atom. The SMILES string of the molecule is Cc1cc([C@H](N)CCCN)oc1C.Cl. The van der Waals surface area contributed by atoms with Gasteiger partial charge in [-0.05, 0) is 44.9 Å². The van der Waals surface area contributed by atoms with Gasteiger partial charge in [-0.15, -0.1) is 12.4 Å². The topological polar surface area (TPSA) is 65.2 Å². The standard InChI is InChI=1S/C10H18N2O.ClH/c1-7-6-10(13-8(7)2)9(12)4-3-5-11;/h6,9H,3-5,11-12H2,1-2H3;1H/t9-;/m1./s1. The second-order valence-electron chi connectivity index (χ2n) is 3.43. The van der Waals surface area contributed by atoms with Crippen molar-refractivity contribution in [1.82, 2.24) is 0 Å². The molecule has 1 aromatic rings. The van der Waals surface area contributed by atoms with Crippen molar-refractivity contribution < 1.29 is 4.42 Å². The highest BCUT2D eigenvalue weighted by molar-refractivity contribution is 5.85. The molecule has 0 radical (unpaired) electrons. The van der Waals surface area contributed by atoms with Gasteiger partial charge in [-0.2, -0.15) is 0 Å². The molecule has 1 aromatic heterocycles. The van der Waals surface area contributed by atoms with Crippen LogP contribution in [0.25, 0.3) is 0 Å². The first-order chi connectivity index (χ1) is 6.15. The van der Waals surface area contributed by atoms with E-state index in [1.165, 1.54) is 0 Å². The Bertz CT molecular complexity index is 254. The summed E-state index contributed by atoms with van der Waals surface area (Å²) < 4.78 is 5.51. The smallest absolute Gasteiger partial charge is 0.121 e. The Morgan fingerprint density at radius 2 is 2.07 bits per heavy atom. The molecule has 14 heavy (non-hydrogen) atoms. The lowest BCUT2D eigenvalue weighted by Crippen LogP contribution is -2.11. The zero-order valence-electron chi connectivity index (χ0n) is 8.75. The molecule has 1 rings (SSSR count). The van der Waals surface area contributed by atoms with Crippen LogP contribution < -0.4 is 11.5 Å². The summed E-state index contributed by atoms with van der Waals surface area (Å²) in [6.45, 7) is 4.67. The van der Waals surface area contributed by atoms with Crippen LogP contribution in [0.3, 0.4) is 0 Å². The summed E-state index contributed by atoms with van der Waals surface area (Å²) in [4.78, 5) is 0. The monoisotopic (exact) mass is 218 g/mol. The second kappa shape index (κ2) is 6.06. The number of rotatable bonds is 4. The summed E-state index contributed by atoms with van der Waals surface area (Å²) in [5.74, 6) is 1.83. The first-order valence-electron chi connectivity index (χ1n) is 4.67. The van der Waals surface area contributed by atoms with Crippen LogP contribution in [0.1, 0.15) is 36.0 Å². The van der Waals surface area contributed by atoms with Gasteiger partial charge in [0, 0.05) is 0 Å². The normalized spacial score (nSPS) is 12.3. The predicted octanol–water partition coefficient (Wildman–Crippen LogP) is 2.06. The molecule has 4 N–H and O–H groups in total. The van der Waals surface area contributed by atoms with Crippen LogP contribution in [-0.2, 0) is 0 Å². The average Bonchev–Trinajstić information content (AvgIpc) is 2.43. The molecule has 0 aliphatic rings. The van der Waals surface area contributed by atoms with E-state index in [-0.39, 0.29) is 18.4 Å². The van der Waals surface area contributed by atoms with Crippen LogP contribution in [0.2, 0.25) is 0 Å². The van der Waals surface area contributed by atoms with E-state index in [1.54, 1.807) is 0 Å². The van der Waals surface area contributed by atoms with E-state index in [0.29, 0.717) is 6.54 Å². The summed E-state index contributed by atoms with van der Waals surface area (Å²) in [5.41, 5.74) is 12.5. The van der Waals surface area contributed by atoms with Gasteiger partial charge in [-0.1, -0.05) is 0 Å². The van der Waals surface area contributed by atoms with Gasteiger partial charge in [0.2, 0.25) is 0 Å². The molecule has 3 nitrogen and oxygen atoms in total. The van der Waals surface area contributed by atoms with Crippen molar-refractivity contribution in [3.63, 3.8) is 0 Å². The maximum absolute atomic E-state index is 5.91. The average molecular weight is 219 g/mol. The fraction of sp³-hybridized carbons (Fsp3) is 0.600. The Morgan fingerprint density at radius 1 is 1.43 bits per heavy atom. The van der Waals surface area contributed by atoms with Gasteiger partial charge >= 0.3 is 0 Å². The van der Waals surface area contributed by atoms with E-state index in [4.69, 9.17) is 15.9 Å². The number of hydrogen-bond donors (Lipinski definition) is 2. The van der Waals surface area contributed by atoms with E-state index in [2.05, 4.69) is 0 Å². The van der Waals surface area contributed by atoms with Crippen LogP contribution in [0.4, 0.5) is 0 Å². The van der Waals surface area contributed by atoms with Gasteiger partial charge in [-0.25, -0.2) is 0 Å². The lowest BCUT2D eigenvalue weighted by molar-refractivity contribution is 0.430. The highest BCUT2D eigenvalue weighted by Crippen LogP contribution is 2.21. The number of aryl methyl sites for hydroxylation is 2. The predicted molar refractivity (Wildman–Crippen MR) is 60.6 cm³/mol. The van der Waals surface area contributed by atoms with Crippen LogP contribution in [0, 0.1) is 13.8 Å². The Balaban J connectivity index is 0.00000169. The minimum Gasteiger partial charge on any atom is -0.464 e. The van der Waals surface area contributed by atoms with Crippen molar-refractivity contribution in [3.8, 4) is 0 Å². The zero-order valence-corrected chi connectivity index (χ0v) is 9.56. The van der Waals surface area contributed by atoms with Gasteiger partial charge in [-0.3, -0.25) is 0 Å². The van der Waals surface area contributed by atoms with Gasteiger partial charge in [0.1, 0.15) is 11.5 Å². The largest absolute Gasteiger partial charge is 0.464 e. The molecule has 0 saturated carbocycles. The number of hydrogen-bond acceptors (Lipinski definition) is 3. The third-order valence-corrected chi connectivity index (χ3v) is 2.27.